The molecule has 1 aromatic rings. The van der Waals surface area contributed by atoms with Gasteiger partial charge in [-0.15, -0.1) is 0 Å². The number of likely N-dealkylation sites (tertiary alicyclic amines) is 1. The molecule has 1 saturated heterocycles. The van der Waals surface area contributed by atoms with Crippen LogP contribution in [-0.2, 0) is 17.6 Å². The molecule has 1 aromatic heterocycles. The van der Waals surface area contributed by atoms with E-state index in [1.54, 1.807) is 0 Å². The Morgan fingerprint density at radius 2 is 2.44 bits per heavy atom. The molecule has 1 aliphatic rings. The number of piperidine rings is 1. The third-order valence-corrected chi connectivity index (χ3v) is 3.11. The molecule has 5 nitrogen and oxygen atoms in total. The highest BCUT2D eigenvalue weighted by molar-refractivity contribution is 5.52. The largest absolute Gasteiger partial charge is 0.339 e. The second-order valence-corrected chi connectivity index (χ2v) is 4.31. The summed E-state index contributed by atoms with van der Waals surface area (Å²) >= 11 is 0. The Morgan fingerprint density at radius 3 is 3.19 bits per heavy atom. The minimum Gasteiger partial charge on any atom is -0.339 e. The molecule has 1 atom stereocenters. The maximum Gasteiger partial charge on any atom is 0.228 e. The van der Waals surface area contributed by atoms with Crippen LogP contribution in [0.25, 0.3) is 0 Å². The fraction of sp³-hybridized carbons (Fsp3) is 0.727. The van der Waals surface area contributed by atoms with Gasteiger partial charge < -0.3 is 14.2 Å². The van der Waals surface area contributed by atoms with Gasteiger partial charge in [-0.3, -0.25) is 0 Å². The first kappa shape index (κ1) is 11.3. The molecule has 0 aliphatic carbocycles. The van der Waals surface area contributed by atoms with Crippen LogP contribution in [0.1, 0.15) is 31.0 Å². The van der Waals surface area contributed by atoms with Crippen molar-refractivity contribution in [1.82, 2.24) is 15.0 Å². The van der Waals surface area contributed by atoms with Crippen molar-refractivity contribution in [3.8, 4) is 0 Å². The van der Waals surface area contributed by atoms with Gasteiger partial charge in [-0.1, -0.05) is 11.6 Å². The second-order valence-electron chi connectivity index (χ2n) is 4.31. The predicted octanol–water partition coefficient (Wildman–Crippen LogP) is 0.838. The summed E-state index contributed by atoms with van der Waals surface area (Å²) in [4.78, 5) is 16.8. The Balaban J connectivity index is 1.94. The van der Waals surface area contributed by atoms with Crippen LogP contribution in [0.3, 0.4) is 0 Å². The van der Waals surface area contributed by atoms with Gasteiger partial charge in [0.15, 0.2) is 5.82 Å². The number of rotatable bonds is 4. The highest BCUT2D eigenvalue weighted by atomic mass is 16.5. The van der Waals surface area contributed by atoms with Crippen LogP contribution >= 0.6 is 0 Å². The van der Waals surface area contributed by atoms with Crippen LogP contribution in [0.15, 0.2) is 4.52 Å². The number of hydrogen-bond acceptors (Lipinski definition) is 5. The monoisotopic (exact) mass is 223 g/mol. The quantitative estimate of drug-likeness (QED) is 0.708. The average Bonchev–Trinajstić information content (AvgIpc) is 2.70. The third-order valence-electron chi connectivity index (χ3n) is 3.11. The van der Waals surface area contributed by atoms with Gasteiger partial charge in [0.25, 0.3) is 0 Å². The summed E-state index contributed by atoms with van der Waals surface area (Å²) in [5, 5.41) is 3.76. The molecule has 0 amide bonds. The van der Waals surface area contributed by atoms with E-state index in [1.165, 1.54) is 19.3 Å². The highest BCUT2D eigenvalue weighted by Gasteiger charge is 2.21. The molecule has 0 saturated carbocycles. The molecular weight excluding hydrogens is 206 g/mol. The van der Waals surface area contributed by atoms with E-state index in [9.17, 15) is 4.79 Å². The van der Waals surface area contributed by atoms with Crippen molar-refractivity contribution < 1.29 is 9.32 Å². The molecule has 88 valence electrons. The first-order chi connectivity index (χ1) is 7.79. The zero-order valence-electron chi connectivity index (χ0n) is 9.56. The molecular formula is C11H17N3O2. The van der Waals surface area contributed by atoms with E-state index >= 15 is 0 Å². The van der Waals surface area contributed by atoms with Crippen LogP contribution in [0.2, 0.25) is 0 Å². The Hall–Kier alpha value is -1.23. The highest BCUT2D eigenvalue weighted by Crippen LogP contribution is 2.18. The zero-order valence-corrected chi connectivity index (χ0v) is 9.56. The maximum atomic E-state index is 10.3. The lowest BCUT2D eigenvalue weighted by Crippen LogP contribution is -2.37. The lowest BCUT2D eigenvalue weighted by atomic mass is 10.0. The van der Waals surface area contributed by atoms with Crippen molar-refractivity contribution in [2.45, 2.75) is 38.1 Å². The first-order valence-corrected chi connectivity index (χ1v) is 5.75. The van der Waals surface area contributed by atoms with E-state index < -0.39 is 0 Å². The van der Waals surface area contributed by atoms with Gasteiger partial charge in [0.05, 0.1) is 6.42 Å². The summed E-state index contributed by atoms with van der Waals surface area (Å²) < 4.78 is 5.12. The van der Waals surface area contributed by atoms with E-state index in [-0.39, 0.29) is 6.42 Å². The van der Waals surface area contributed by atoms with Gasteiger partial charge in [-0.2, -0.15) is 4.98 Å². The normalized spacial score (nSPS) is 22.2. The standard InChI is InChI=1S/C11H17N3O2/c1-14-6-3-2-4-9(14)8-11-12-10(5-7-15)13-16-11/h7,9H,2-6,8H2,1H3. The van der Waals surface area contributed by atoms with Crippen LogP contribution in [0.4, 0.5) is 0 Å². The van der Waals surface area contributed by atoms with Gasteiger partial charge in [0, 0.05) is 12.5 Å². The fourth-order valence-corrected chi connectivity index (χ4v) is 2.13. The topological polar surface area (TPSA) is 59.2 Å². The van der Waals surface area contributed by atoms with Crippen molar-refractivity contribution >= 4 is 6.29 Å². The molecule has 2 heterocycles. The molecule has 0 bridgehead atoms. The summed E-state index contributed by atoms with van der Waals surface area (Å²) in [5.41, 5.74) is 0. The van der Waals surface area contributed by atoms with E-state index in [0.717, 1.165) is 19.3 Å². The lowest BCUT2D eigenvalue weighted by Gasteiger charge is -2.31. The van der Waals surface area contributed by atoms with Gasteiger partial charge >= 0.3 is 0 Å². The maximum absolute atomic E-state index is 10.3. The van der Waals surface area contributed by atoms with Crippen LogP contribution in [0.5, 0.6) is 0 Å². The summed E-state index contributed by atoms with van der Waals surface area (Å²) in [7, 11) is 2.13. The molecule has 1 aliphatic heterocycles. The van der Waals surface area contributed by atoms with Gasteiger partial charge in [-0.05, 0) is 26.4 Å². The zero-order chi connectivity index (χ0) is 11.4. The smallest absolute Gasteiger partial charge is 0.228 e. The number of aldehydes is 1. The fourth-order valence-electron chi connectivity index (χ4n) is 2.13. The Morgan fingerprint density at radius 1 is 1.56 bits per heavy atom. The lowest BCUT2D eigenvalue weighted by molar-refractivity contribution is -0.107. The SMILES string of the molecule is CN1CCCCC1Cc1nc(CC=O)no1. The van der Waals surface area contributed by atoms with E-state index in [1.807, 2.05) is 0 Å². The molecule has 2 rings (SSSR count). The number of likely N-dealkylation sites (N-methyl/N-ethyl adjacent to an activating group) is 1. The predicted molar refractivity (Wildman–Crippen MR) is 58.0 cm³/mol. The number of hydrogen-bond donors (Lipinski definition) is 0. The van der Waals surface area contributed by atoms with Crippen molar-refractivity contribution in [2.75, 3.05) is 13.6 Å². The third kappa shape index (κ3) is 2.66. The van der Waals surface area contributed by atoms with E-state index in [4.69, 9.17) is 4.52 Å². The minimum absolute atomic E-state index is 0.240. The molecule has 0 N–H and O–H groups in total. The Bertz CT molecular complexity index is 351. The molecule has 16 heavy (non-hydrogen) atoms. The van der Waals surface area contributed by atoms with Crippen LogP contribution in [0, 0.1) is 0 Å². The van der Waals surface area contributed by atoms with E-state index in [0.29, 0.717) is 17.8 Å². The van der Waals surface area contributed by atoms with Gasteiger partial charge in [-0.25, -0.2) is 0 Å². The van der Waals surface area contributed by atoms with Gasteiger partial charge in [0.1, 0.15) is 6.29 Å². The van der Waals surface area contributed by atoms with Crippen molar-refractivity contribution in [1.29, 1.82) is 0 Å². The molecule has 0 aromatic carbocycles. The summed E-state index contributed by atoms with van der Waals surface area (Å²) in [6, 6.07) is 0.498. The summed E-state index contributed by atoms with van der Waals surface area (Å²) in [5.74, 6) is 1.14. The number of carbonyl (C=O) groups is 1. The number of nitrogens with zero attached hydrogens (tertiary/aromatic N) is 3. The van der Waals surface area contributed by atoms with Crippen molar-refractivity contribution in [3.05, 3.63) is 11.7 Å². The first-order valence-electron chi connectivity index (χ1n) is 5.75. The second kappa shape index (κ2) is 5.21. The molecule has 0 spiro atoms. The van der Waals surface area contributed by atoms with Crippen LogP contribution in [-0.4, -0.2) is 41.0 Å². The number of aromatic nitrogens is 2. The number of carbonyl (C=O) groups excluding carboxylic acids is 1. The summed E-state index contributed by atoms with van der Waals surface area (Å²) in [6.07, 6.45) is 5.55. The Labute approximate surface area is 94.8 Å². The average molecular weight is 223 g/mol. The molecule has 0 radical (unpaired) electrons. The molecule has 5 heteroatoms. The molecule has 1 unspecified atom stereocenters. The minimum atomic E-state index is 0.240. The van der Waals surface area contributed by atoms with Crippen LogP contribution < -0.4 is 0 Å². The van der Waals surface area contributed by atoms with Gasteiger partial charge in [0.2, 0.25) is 5.89 Å². The van der Waals surface area contributed by atoms with Crippen molar-refractivity contribution in [3.63, 3.8) is 0 Å². The Kier molecular flexibility index (Phi) is 3.66. The van der Waals surface area contributed by atoms with Crippen molar-refractivity contribution in [2.24, 2.45) is 0 Å². The molecule has 1 fully saturated rings. The van der Waals surface area contributed by atoms with E-state index in [2.05, 4.69) is 22.1 Å². The summed E-state index contributed by atoms with van der Waals surface area (Å²) in [6.45, 7) is 1.14.